The van der Waals surface area contributed by atoms with Crippen molar-refractivity contribution >= 4 is 7.69 Å². The number of hydrogen-bond donors (Lipinski definition) is 2. The van der Waals surface area contributed by atoms with Gasteiger partial charge in [-0.2, -0.15) is 0 Å². The zero-order valence-corrected chi connectivity index (χ0v) is 2.01. The first-order valence-corrected chi connectivity index (χ1v) is 0.632. The molecule has 0 rings (SSSR count). The fourth-order valence-electron chi connectivity index (χ4n) is 0. The first-order valence-electron chi connectivity index (χ1n) is 0.632. The molecule has 0 heterocycles. The van der Waals surface area contributed by atoms with Crippen LogP contribution in [0.3, 0.4) is 0 Å². The molecule has 0 saturated heterocycles. The van der Waals surface area contributed by atoms with Crippen LogP contribution in [0.2, 0.25) is 0 Å². The number of hydrogen-bond acceptors (Lipinski definition) is 2. The van der Waals surface area contributed by atoms with Gasteiger partial charge in [0.1, 0.15) is 0 Å². The summed E-state index contributed by atoms with van der Waals surface area (Å²) in [5.41, 5.74) is 0. The molecule has 0 fully saturated rings. The maximum atomic E-state index is 7.12. The zero-order valence-electron chi connectivity index (χ0n) is 2.01. The topological polar surface area (TPSA) is 69.0 Å². The van der Waals surface area contributed by atoms with E-state index in [4.69, 9.17) is 10.0 Å². The van der Waals surface area contributed by atoms with Gasteiger partial charge in [-0.05, 0) is 0 Å². The summed E-state index contributed by atoms with van der Waals surface area (Å²) in [4.78, 5) is 0. The van der Waals surface area contributed by atoms with Crippen molar-refractivity contribution in [1.82, 2.24) is 0 Å². The van der Waals surface area contributed by atoms with Crippen LogP contribution in [0.5, 0.6) is 0 Å². The summed E-state index contributed by atoms with van der Waals surface area (Å²) < 4.78 is 0. The summed E-state index contributed by atoms with van der Waals surface area (Å²) in [5.74, 6) is 0. The van der Waals surface area contributed by atoms with Crippen LogP contribution in [0, 0.1) is 0 Å². The fourth-order valence-corrected chi connectivity index (χ4v) is 0. The highest BCUT2D eigenvalue weighted by Gasteiger charge is 1.48. The SMILES string of the molecule is OBO.[O]. The summed E-state index contributed by atoms with van der Waals surface area (Å²) in [7, 11) is -0.750. The van der Waals surface area contributed by atoms with Crippen molar-refractivity contribution in [2.45, 2.75) is 0 Å². The van der Waals surface area contributed by atoms with E-state index in [0.29, 0.717) is 0 Å². The molecule has 4 heteroatoms. The van der Waals surface area contributed by atoms with E-state index in [0.717, 1.165) is 0 Å². The van der Waals surface area contributed by atoms with Crippen LogP contribution in [-0.2, 0) is 5.48 Å². The minimum Gasteiger partial charge on any atom is -0.430 e. The van der Waals surface area contributed by atoms with Crippen molar-refractivity contribution < 1.29 is 15.5 Å². The summed E-state index contributed by atoms with van der Waals surface area (Å²) >= 11 is 0. The Labute approximate surface area is 24.5 Å². The first-order chi connectivity index (χ1) is 1.41. The normalized spacial score (nSPS) is 3.50. The molecule has 0 unspecified atom stereocenters. The second kappa shape index (κ2) is 12.5. The van der Waals surface area contributed by atoms with E-state index >= 15 is 0 Å². The predicted molar refractivity (Wildman–Crippen MR) is 12.3 cm³/mol. The smallest absolute Gasteiger partial charge is 0.430 e. The molecule has 24 valence electrons. The average molecular weight is 61.8 g/mol. The molecule has 0 aliphatic heterocycles. The maximum Gasteiger partial charge on any atom is 0.432 e. The van der Waals surface area contributed by atoms with Crippen LogP contribution in [0.4, 0.5) is 0 Å². The highest BCUT2D eigenvalue weighted by atomic mass is 16.4. The molecule has 2 radical (unpaired) electrons. The van der Waals surface area contributed by atoms with Crippen molar-refractivity contribution in [2.24, 2.45) is 0 Å². The molecule has 0 aromatic heterocycles. The minimum absolute atomic E-state index is 0. The van der Waals surface area contributed by atoms with Gasteiger partial charge in [-0.1, -0.05) is 0 Å². The largest absolute Gasteiger partial charge is 0.432 e. The molecular weight excluding hydrogens is 58.8 g/mol. The Balaban J connectivity index is 0. The third-order valence-corrected chi connectivity index (χ3v) is 0. The van der Waals surface area contributed by atoms with Crippen LogP contribution in [-0.4, -0.2) is 17.7 Å². The van der Waals surface area contributed by atoms with Gasteiger partial charge in [0.25, 0.3) is 0 Å². The van der Waals surface area contributed by atoms with Gasteiger partial charge in [-0.25, -0.2) is 0 Å². The minimum atomic E-state index is -0.750. The van der Waals surface area contributed by atoms with E-state index in [1.807, 2.05) is 0 Å². The second-order valence-corrected chi connectivity index (χ2v) is 0.141. The van der Waals surface area contributed by atoms with Crippen LogP contribution in [0.25, 0.3) is 0 Å². The monoisotopic (exact) mass is 62.0 g/mol. The molecule has 2 N–H and O–H groups in total. The summed E-state index contributed by atoms with van der Waals surface area (Å²) in [6, 6.07) is 0. The Morgan fingerprint density at radius 2 is 1.25 bits per heavy atom. The third kappa shape index (κ3) is 573. The third-order valence-electron chi connectivity index (χ3n) is 0. The quantitative estimate of drug-likeness (QED) is 0.322. The molecule has 0 aliphatic carbocycles. The molecular formula is H3BO3. The molecule has 0 spiro atoms. The molecule has 0 aliphatic rings. The van der Waals surface area contributed by atoms with E-state index in [9.17, 15) is 0 Å². The molecule has 0 aromatic carbocycles. The maximum absolute atomic E-state index is 7.12. The van der Waals surface area contributed by atoms with Crippen molar-refractivity contribution in [3.05, 3.63) is 0 Å². The van der Waals surface area contributed by atoms with E-state index in [-0.39, 0.29) is 5.48 Å². The molecule has 0 atom stereocenters. The van der Waals surface area contributed by atoms with Gasteiger partial charge in [0, 0.05) is 5.48 Å². The second-order valence-electron chi connectivity index (χ2n) is 0.141. The Morgan fingerprint density at radius 3 is 1.25 bits per heavy atom. The van der Waals surface area contributed by atoms with Crippen molar-refractivity contribution in [3.8, 4) is 0 Å². The summed E-state index contributed by atoms with van der Waals surface area (Å²) in [6.07, 6.45) is 0. The van der Waals surface area contributed by atoms with Crippen molar-refractivity contribution in [2.75, 3.05) is 0 Å². The summed E-state index contributed by atoms with van der Waals surface area (Å²) in [6.45, 7) is 0. The van der Waals surface area contributed by atoms with Crippen molar-refractivity contribution in [1.29, 1.82) is 0 Å². The van der Waals surface area contributed by atoms with Gasteiger partial charge in [-0.3, -0.25) is 0 Å². The fraction of sp³-hybridized carbons (Fsp3) is 0. The molecule has 0 bridgehead atoms. The molecule has 4 heavy (non-hydrogen) atoms. The van der Waals surface area contributed by atoms with E-state index in [1.165, 1.54) is 0 Å². The van der Waals surface area contributed by atoms with Gasteiger partial charge in [0.15, 0.2) is 0 Å². The highest BCUT2D eigenvalue weighted by Crippen LogP contribution is 1.08. The Morgan fingerprint density at radius 1 is 1.25 bits per heavy atom. The van der Waals surface area contributed by atoms with Crippen LogP contribution >= 0.6 is 0 Å². The van der Waals surface area contributed by atoms with E-state index in [2.05, 4.69) is 0 Å². The van der Waals surface area contributed by atoms with Gasteiger partial charge >= 0.3 is 7.69 Å². The average Bonchev–Trinajstić information content (AvgIpc) is 0.918. The molecule has 0 saturated carbocycles. The molecule has 3 nitrogen and oxygen atoms in total. The van der Waals surface area contributed by atoms with Gasteiger partial charge in [0.05, 0.1) is 0 Å². The molecule has 0 aromatic rings. The zero-order chi connectivity index (χ0) is 2.71. The summed E-state index contributed by atoms with van der Waals surface area (Å²) in [5, 5.41) is 14.2. The Hall–Kier alpha value is -0.0551. The van der Waals surface area contributed by atoms with Gasteiger partial charge in [-0.15, -0.1) is 0 Å². The molecule has 0 amide bonds. The standard InChI is InChI=1S/BH3O2.O/c2-1-3;/h1-3H;. The van der Waals surface area contributed by atoms with Crippen molar-refractivity contribution in [3.63, 3.8) is 0 Å². The predicted octanol–water partition coefficient (Wildman–Crippen LogP) is -1.88. The van der Waals surface area contributed by atoms with Crippen LogP contribution < -0.4 is 0 Å². The number of rotatable bonds is 0. The Bertz CT molecular complexity index is 3.25. The van der Waals surface area contributed by atoms with E-state index < -0.39 is 7.69 Å². The first kappa shape index (κ1) is 9.04. The lowest BCUT2D eigenvalue weighted by Crippen LogP contribution is -1.75. The van der Waals surface area contributed by atoms with E-state index in [1.54, 1.807) is 0 Å². The highest BCUT2D eigenvalue weighted by molar-refractivity contribution is 6.13. The van der Waals surface area contributed by atoms with Gasteiger partial charge < -0.3 is 10.0 Å². The lowest BCUT2D eigenvalue weighted by molar-refractivity contribution is 0.448. The lowest BCUT2D eigenvalue weighted by atomic mass is 10.5. The van der Waals surface area contributed by atoms with Crippen LogP contribution in [0.1, 0.15) is 0 Å². The van der Waals surface area contributed by atoms with Gasteiger partial charge in [0.2, 0.25) is 0 Å². The Kier molecular flexibility index (Phi) is 28.2. The lowest BCUT2D eigenvalue weighted by Gasteiger charge is -1.48. The van der Waals surface area contributed by atoms with Crippen LogP contribution in [0.15, 0.2) is 0 Å².